The number of hydrogen-bond acceptors (Lipinski definition) is 3. The summed E-state index contributed by atoms with van der Waals surface area (Å²) in [7, 11) is 0. The van der Waals surface area contributed by atoms with Crippen LogP contribution >= 0.6 is 0 Å². The molecular weight excluding hydrogens is 326 g/mol. The molecule has 0 fully saturated rings. The number of carbonyl (C=O) groups is 1. The average Bonchev–Trinajstić information content (AvgIpc) is 3.27. The predicted octanol–water partition coefficient (Wildman–Crippen LogP) is 3.05. The highest BCUT2D eigenvalue weighted by Crippen LogP contribution is 2.12. The first kappa shape index (κ1) is 16.3. The molecule has 0 aliphatic heterocycles. The Labute approximate surface area is 151 Å². The molecular formula is C20H21N5O. The molecule has 4 aromatic rings. The number of aromatic nitrogens is 4. The molecule has 2 heterocycles. The second kappa shape index (κ2) is 7.39. The molecule has 0 unspecified atom stereocenters. The van der Waals surface area contributed by atoms with Crippen molar-refractivity contribution in [2.45, 2.75) is 25.8 Å². The number of nitrogens with one attached hydrogen (secondary N) is 2. The van der Waals surface area contributed by atoms with E-state index in [4.69, 9.17) is 0 Å². The summed E-state index contributed by atoms with van der Waals surface area (Å²) in [5.74, 6) is 1.03. The molecule has 2 aromatic heterocycles. The monoisotopic (exact) mass is 347 g/mol. The maximum Gasteiger partial charge on any atom is 0.221 e. The predicted molar refractivity (Wildman–Crippen MR) is 102 cm³/mol. The number of aromatic amines is 1. The highest BCUT2D eigenvalue weighted by molar-refractivity contribution is 5.77. The van der Waals surface area contributed by atoms with Gasteiger partial charge in [0.05, 0.1) is 28.4 Å². The Hall–Kier alpha value is -3.15. The minimum Gasteiger partial charge on any atom is -0.356 e. The van der Waals surface area contributed by atoms with Crippen LogP contribution in [0.3, 0.4) is 0 Å². The van der Waals surface area contributed by atoms with Crippen LogP contribution in [0.15, 0.2) is 54.9 Å². The van der Waals surface area contributed by atoms with Crippen molar-refractivity contribution in [3.05, 3.63) is 60.7 Å². The quantitative estimate of drug-likeness (QED) is 0.505. The average molecular weight is 347 g/mol. The molecule has 132 valence electrons. The summed E-state index contributed by atoms with van der Waals surface area (Å²) in [5, 5.41) is 2.98. The SMILES string of the molecule is O=C(CCn1cnc2ccccc21)NCCCc1nc2ccccc2[nH]1. The normalized spacial score (nSPS) is 11.2. The molecule has 0 atom stereocenters. The molecule has 0 spiro atoms. The summed E-state index contributed by atoms with van der Waals surface area (Å²) in [4.78, 5) is 24.3. The van der Waals surface area contributed by atoms with Crippen molar-refractivity contribution in [1.29, 1.82) is 0 Å². The summed E-state index contributed by atoms with van der Waals surface area (Å²) >= 11 is 0. The molecule has 2 N–H and O–H groups in total. The van der Waals surface area contributed by atoms with Crippen LogP contribution in [0.25, 0.3) is 22.1 Å². The van der Waals surface area contributed by atoms with Crippen LogP contribution < -0.4 is 5.32 Å². The first-order valence-corrected chi connectivity index (χ1v) is 8.90. The van der Waals surface area contributed by atoms with Gasteiger partial charge < -0.3 is 14.9 Å². The number of benzene rings is 2. The van der Waals surface area contributed by atoms with E-state index >= 15 is 0 Å². The minimum atomic E-state index is 0.0624. The standard InChI is InChI=1S/C20H21N5O/c26-20(11-13-25-14-22-17-8-3-4-9-18(17)25)21-12-5-10-19-23-15-6-1-2-7-16(15)24-19/h1-4,6-9,14H,5,10-13H2,(H,21,26)(H,23,24). The van der Waals surface area contributed by atoms with E-state index in [1.165, 1.54) is 0 Å². The maximum atomic E-state index is 12.1. The third kappa shape index (κ3) is 3.59. The van der Waals surface area contributed by atoms with E-state index in [2.05, 4.69) is 20.3 Å². The van der Waals surface area contributed by atoms with Crippen molar-refractivity contribution in [1.82, 2.24) is 24.8 Å². The zero-order chi connectivity index (χ0) is 17.8. The minimum absolute atomic E-state index is 0.0624. The van der Waals surface area contributed by atoms with Crippen LogP contribution in [0.4, 0.5) is 0 Å². The Kier molecular flexibility index (Phi) is 4.64. The van der Waals surface area contributed by atoms with Crippen molar-refractivity contribution in [3.8, 4) is 0 Å². The molecule has 0 saturated heterocycles. The van der Waals surface area contributed by atoms with Gasteiger partial charge in [0.1, 0.15) is 5.82 Å². The Balaban J connectivity index is 1.21. The van der Waals surface area contributed by atoms with E-state index in [0.29, 0.717) is 19.5 Å². The Bertz CT molecular complexity index is 1000. The van der Waals surface area contributed by atoms with Gasteiger partial charge >= 0.3 is 0 Å². The summed E-state index contributed by atoms with van der Waals surface area (Å²) in [6, 6.07) is 15.9. The fraction of sp³-hybridized carbons (Fsp3) is 0.250. The van der Waals surface area contributed by atoms with Crippen LogP contribution in [-0.2, 0) is 17.8 Å². The molecule has 6 nitrogen and oxygen atoms in total. The van der Waals surface area contributed by atoms with Gasteiger partial charge in [-0.15, -0.1) is 0 Å². The van der Waals surface area contributed by atoms with Gasteiger partial charge in [-0.2, -0.15) is 0 Å². The molecule has 2 aromatic carbocycles. The number of hydrogen-bond donors (Lipinski definition) is 2. The molecule has 4 rings (SSSR count). The van der Waals surface area contributed by atoms with Gasteiger partial charge in [0.15, 0.2) is 0 Å². The van der Waals surface area contributed by atoms with E-state index in [1.807, 2.05) is 53.1 Å². The highest BCUT2D eigenvalue weighted by Gasteiger charge is 2.06. The molecule has 0 bridgehead atoms. The van der Waals surface area contributed by atoms with E-state index in [-0.39, 0.29) is 5.91 Å². The lowest BCUT2D eigenvalue weighted by Gasteiger charge is -2.06. The number of amides is 1. The number of carbonyl (C=O) groups excluding carboxylic acids is 1. The van der Waals surface area contributed by atoms with Crippen LogP contribution in [0, 0.1) is 0 Å². The fourth-order valence-corrected chi connectivity index (χ4v) is 3.11. The van der Waals surface area contributed by atoms with Crippen molar-refractivity contribution in [2.75, 3.05) is 6.54 Å². The van der Waals surface area contributed by atoms with Crippen LogP contribution in [0.5, 0.6) is 0 Å². The van der Waals surface area contributed by atoms with Crippen molar-refractivity contribution >= 4 is 28.0 Å². The van der Waals surface area contributed by atoms with Gasteiger partial charge in [-0.3, -0.25) is 4.79 Å². The van der Waals surface area contributed by atoms with Gasteiger partial charge in [-0.25, -0.2) is 9.97 Å². The van der Waals surface area contributed by atoms with Gasteiger partial charge in [0.25, 0.3) is 0 Å². The highest BCUT2D eigenvalue weighted by atomic mass is 16.1. The lowest BCUT2D eigenvalue weighted by molar-refractivity contribution is -0.121. The van der Waals surface area contributed by atoms with Crippen molar-refractivity contribution in [3.63, 3.8) is 0 Å². The number of rotatable bonds is 7. The van der Waals surface area contributed by atoms with Crippen molar-refractivity contribution < 1.29 is 4.79 Å². The smallest absolute Gasteiger partial charge is 0.221 e. The zero-order valence-electron chi connectivity index (χ0n) is 14.5. The molecule has 0 radical (unpaired) electrons. The van der Waals surface area contributed by atoms with Crippen molar-refractivity contribution in [2.24, 2.45) is 0 Å². The van der Waals surface area contributed by atoms with Gasteiger partial charge in [-0.1, -0.05) is 24.3 Å². The van der Waals surface area contributed by atoms with E-state index in [9.17, 15) is 4.79 Å². The largest absolute Gasteiger partial charge is 0.356 e. The van der Waals surface area contributed by atoms with E-state index < -0.39 is 0 Å². The molecule has 1 amide bonds. The molecule has 6 heteroatoms. The van der Waals surface area contributed by atoms with E-state index in [1.54, 1.807) is 6.33 Å². The second-order valence-electron chi connectivity index (χ2n) is 6.33. The fourth-order valence-electron chi connectivity index (χ4n) is 3.11. The zero-order valence-corrected chi connectivity index (χ0v) is 14.5. The van der Waals surface area contributed by atoms with Gasteiger partial charge in [0, 0.05) is 25.9 Å². The van der Waals surface area contributed by atoms with Crippen LogP contribution in [0.1, 0.15) is 18.7 Å². The number of imidazole rings is 2. The second-order valence-corrected chi connectivity index (χ2v) is 6.33. The lowest BCUT2D eigenvalue weighted by atomic mass is 10.3. The lowest BCUT2D eigenvalue weighted by Crippen LogP contribution is -2.25. The Morgan fingerprint density at radius 2 is 1.88 bits per heavy atom. The molecule has 26 heavy (non-hydrogen) atoms. The topological polar surface area (TPSA) is 75.6 Å². The third-order valence-electron chi connectivity index (χ3n) is 4.46. The molecule has 0 saturated carbocycles. The summed E-state index contributed by atoms with van der Waals surface area (Å²) in [5.41, 5.74) is 4.06. The summed E-state index contributed by atoms with van der Waals surface area (Å²) in [6.07, 6.45) is 3.92. The summed E-state index contributed by atoms with van der Waals surface area (Å²) < 4.78 is 2.02. The Morgan fingerprint density at radius 1 is 1.08 bits per heavy atom. The molecule has 0 aliphatic rings. The van der Waals surface area contributed by atoms with E-state index in [0.717, 1.165) is 40.7 Å². The maximum absolute atomic E-state index is 12.1. The Morgan fingerprint density at radius 3 is 2.77 bits per heavy atom. The van der Waals surface area contributed by atoms with Crippen LogP contribution in [0.2, 0.25) is 0 Å². The van der Waals surface area contributed by atoms with Gasteiger partial charge in [0.2, 0.25) is 5.91 Å². The first-order chi connectivity index (χ1) is 12.8. The number of aryl methyl sites for hydroxylation is 2. The number of H-pyrrole nitrogens is 1. The number of fused-ring (bicyclic) bond motifs is 2. The number of nitrogens with zero attached hydrogens (tertiary/aromatic N) is 3. The third-order valence-corrected chi connectivity index (χ3v) is 4.46. The molecule has 0 aliphatic carbocycles. The van der Waals surface area contributed by atoms with Crippen LogP contribution in [-0.4, -0.2) is 32.0 Å². The first-order valence-electron chi connectivity index (χ1n) is 8.90. The summed E-state index contributed by atoms with van der Waals surface area (Å²) in [6.45, 7) is 1.29. The van der Waals surface area contributed by atoms with Gasteiger partial charge in [-0.05, 0) is 30.7 Å². The number of para-hydroxylation sites is 4.